The number of rotatable bonds is 2. The van der Waals surface area contributed by atoms with E-state index in [4.69, 9.17) is 20.2 Å². The monoisotopic (exact) mass is 931 g/mol. The molecule has 0 aromatic heterocycles. The van der Waals surface area contributed by atoms with Crippen molar-refractivity contribution in [3.8, 4) is 35.2 Å². The number of esters is 1. The highest BCUT2D eigenvalue weighted by molar-refractivity contribution is 8.77. The van der Waals surface area contributed by atoms with Crippen molar-refractivity contribution in [3.05, 3.63) is 35.4 Å². The number of aliphatic hydroxyl groups is 4. The maximum Gasteiger partial charge on any atom is 0.302 e. The molecule has 1 aromatic rings. The lowest BCUT2D eigenvalue weighted by molar-refractivity contribution is -0.152. The fraction of sp³-hybridized carbons (Fsp3) is 0.720. The highest BCUT2D eigenvalue weighted by Crippen LogP contribution is 2.53. The van der Waals surface area contributed by atoms with Crippen LogP contribution >= 0.6 is 21.6 Å². The Labute approximate surface area is 392 Å². The molecular weight excluding hydrogens is 863 g/mol. The predicted molar refractivity (Wildman–Crippen MR) is 254 cm³/mol. The number of carbonyl (C=O) groups is 1. The van der Waals surface area contributed by atoms with E-state index in [0.717, 1.165) is 25.0 Å². The quantitative estimate of drug-likeness (QED) is 0.0646. The first-order valence-electron chi connectivity index (χ1n) is 24.2. The SMILES string of the molecule is CC(=O)OC1CC(O)CCC23C#CC4CC5C#CC(CNCC6(C5)CC(CCN6)Oc5cc(c(C(O)O)cc5O)CC41)SSCC1(CCCC4(CCCC4)C1)NC(N)=NC2C=CCC3O. The molecule has 3 fully saturated rings. The Balaban J connectivity index is 1.24. The highest BCUT2D eigenvalue weighted by Gasteiger charge is 2.50. The van der Waals surface area contributed by atoms with Crippen LogP contribution in [0.5, 0.6) is 11.5 Å². The maximum atomic E-state index is 13.0. The number of phenolic OH excluding ortho intramolecular Hbond substituents is 1. The summed E-state index contributed by atoms with van der Waals surface area (Å²) in [6, 6.07) is 2.41. The van der Waals surface area contributed by atoms with Crippen molar-refractivity contribution in [2.45, 2.75) is 169 Å². The minimum atomic E-state index is -1.92. The van der Waals surface area contributed by atoms with Gasteiger partial charge < -0.3 is 56.7 Å². The lowest BCUT2D eigenvalue weighted by atomic mass is 9.65. The van der Waals surface area contributed by atoms with Crippen LogP contribution in [0.15, 0.2) is 29.3 Å². The van der Waals surface area contributed by atoms with Gasteiger partial charge >= 0.3 is 5.97 Å². The second-order valence-corrected chi connectivity index (χ2v) is 23.4. The highest BCUT2D eigenvalue weighted by atomic mass is 33.1. The fourth-order valence-corrected chi connectivity index (χ4v) is 15.9. The van der Waals surface area contributed by atoms with Crippen LogP contribution in [0.4, 0.5) is 0 Å². The number of benzene rings is 1. The number of hydrogen-bond donors (Lipinski definition) is 9. The summed E-state index contributed by atoms with van der Waals surface area (Å²) in [6.45, 7) is 3.40. The molecule has 8 aliphatic rings. The molecule has 8 bridgehead atoms. The van der Waals surface area contributed by atoms with Gasteiger partial charge in [-0.25, -0.2) is 4.99 Å². The topological polar surface area (TPSA) is 211 Å². The average molecular weight is 932 g/mol. The zero-order valence-corrected chi connectivity index (χ0v) is 39.4. The van der Waals surface area contributed by atoms with Crippen molar-refractivity contribution in [2.24, 2.45) is 39.3 Å². The number of carbonyl (C=O) groups excluding carboxylic acids is 1. The smallest absolute Gasteiger partial charge is 0.302 e. The molecule has 1 saturated heterocycles. The summed E-state index contributed by atoms with van der Waals surface area (Å²) in [7, 11) is 3.68. The van der Waals surface area contributed by atoms with Crippen LogP contribution < -0.4 is 26.4 Å². The fourth-order valence-electron chi connectivity index (χ4n) is 13.1. The van der Waals surface area contributed by atoms with E-state index in [1.807, 2.05) is 33.7 Å². The molecule has 12 unspecified atom stereocenters. The van der Waals surface area contributed by atoms with E-state index in [1.165, 1.54) is 45.1 Å². The van der Waals surface area contributed by atoms with E-state index in [-0.39, 0.29) is 64.6 Å². The lowest BCUT2D eigenvalue weighted by Crippen LogP contribution is -2.59. The third-order valence-electron chi connectivity index (χ3n) is 16.2. The summed E-state index contributed by atoms with van der Waals surface area (Å²) in [5.74, 6) is 14.4. The molecule has 354 valence electrons. The van der Waals surface area contributed by atoms with Gasteiger partial charge in [0.25, 0.3) is 0 Å². The van der Waals surface area contributed by atoms with Crippen molar-refractivity contribution in [1.82, 2.24) is 16.0 Å². The number of hydrogen-bond acceptors (Lipinski definition) is 15. The Hall–Kier alpha value is -3.12. The molecule has 12 atom stereocenters. The number of ether oxygens (including phenoxy) is 2. The van der Waals surface area contributed by atoms with E-state index in [9.17, 15) is 30.3 Å². The average Bonchev–Trinajstić information content (AvgIpc) is 3.72. The van der Waals surface area contributed by atoms with Gasteiger partial charge in [-0.05, 0) is 107 Å². The van der Waals surface area contributed by atoms with Crippen LogP contribution in [0.3, 0.4) is 0 Å². The second kappa shape index (κ2) is 19.5. The number of aromatic hydroxyl groups is 1. The van der Waals surface area contributed by atoms with Crippen LogP contribution in [0, 0.1) is 52.3 Å². The predicted octanol–water partition coefficient (Wildman–Crippen LogP) is 4.73. The summed E-state index contributed by atoms with van der Waals surface area (Å²) >= 11 is 0. The second-order valence-electron chi connectivity index (χ2n) is 20.9. The summed E-state index contributed by atoms with van der Waals surface area (Å²) < 4.78 is 12.9. The number of aliphatic hydroxyl groups excluding tert-OH is 3. The van der Waals surface area contributed by atoms with E-state index < -0.39 is 59.4 Å². The molecule has 15 heteroatoms. The van der Waals surface area contributed by atoms with Crippen molar-refractivity contribution in [2.75, 3.05) is 25.4 Å². The Bertz CT molecular complexity index is 2110. The first-order valence-corrected chi connectivity index (χ1v) is 26.6. The van der Waals surface area contributed by atoms with Gasteiger partial charge in [-0.2, -0.15) is 0 Å². The number of nitrogens with two attached hydrogens (primary N) is 1. The summed E-state index contributed by atoms with van der Waals surface area (Å²) in [5.41, 5.74) is 6.14. The molecule has 1 aromatic carbocycles. The molecule has 0 radical (unpaired) electrons. The van der Waals surface area contributed by atoms with Gasteiger partial charge in [-0.3, -0.25) is 4.79 Å². The van der Waals surface area contributed by atoms with Gasteiger partial charge in [0.05, 0.1) is 34.5 Å². The largest absolute Gasteiger partial charge is 0.504 e. The zero-order valence-electron chi connectivity index (χ0n) is 37.7. The number of nitrogens with one attached hydrogen (secondary N) is 3. The van der Waals surface area contributed by atoms with Crippen LogP contribution in [-0.2, 0) is 16.0 Å². The standard InChI is InChI=1S/C50H69N5O8S2/c1-31(56)62-41-23-35(57)11-18-50-17-10-33-20-32-8-9-37(65-64-30-48(16-5-15-47(28-48)13-2-3-14-47)55-46(51)54-43(50)6-4-7-44(50)59)27-52-29-49(25-32)26-36(12-19-53-49)63-42-22-34(21-38(33)41)39(45(60)61)24-40(42)58/h4,6,22,24,32-33,35-38,41,43-45,52-53,57-61H,2-3,5,7,11-16,18-21,23,25-30H2,1H3,(H3,51,54,55). The van der Waals surface area contributed by atoms with E-state index in [0.29, 0.717) is 69.7 Å². The van der Waals surface area contributed by atoms with Crippen molar-refractivity contribution in [3.63, 3.8) is 0 Å². The Morgan fingerprint density at radius 1 is 1.03 bits per heavy atom. The molecule has 13 nitrogen and oxygen atoms in total. The zero-order chi connectivity index (χ0) is 45.4. The van der Waals surface area contributed by atoms with Gasteiger partial charge in [-0.1, -0.05) is 76.7 Å². The number of aliphatic imine (C=N–C) groups is 1. The number of phenols is 1. The van der Waals surface area contributed by atoms with Gasteiger partial charge in [-0.15, -0.1) is 0 Å². The summed E-state index contributed by atoms with van der Waals surface area (Å²) in [4.78, 5) is 18.3. The molecule has 4 aliphatic heterocycles. The molecule has 9 rings (SSSR count). The normalized spacial score (nSPS) is 39.3. The van der Waals surface area contributed by atoms with E-state index >= 15 is 0 Å². The molecular formula is C50H69N5O8S2. The van der Waals surface area contributed by atoms with Crippen LogP contribution in [0.25, 0.3) is 0 Å². The minimum absolute atomic E-state index is 0.0263. The van der Waals surface area contributed by atoms with Crippen LogP contribution in [-0.4, -0.2) is 110 Å². The Morgan fingerprint density at radius 2 is 1.86 bits per heavy atom. The molecule has 2 saturated carbocycles. The van der Waals surface area contributed by atoms with E-state index in [2.05, 4.69) is 39.6 Å². The molecule has 10 N–H and O–H groups in total. The van der Waals surface area contributed by atoms with Crippen molar-refractivity contribution in [1.29, 1.82) is 0 Å². The molecule has 65 heavy (non-hydrogen) atoms. The lowest BCUT2D eigenvalue weighted by Gasteiger charge is -2.47. The van der Waals surface area contributed by atoms with Crippen molar-refractivity contribution >= 4 is 33.5 Å². The Kier molecular flexibility index (Phi) is 14.1. The van der Waals surface area contributed by atoms with Crippen LogP contribution in [0.1, 0.15) is 127 Å². The van der Waals surface area contributed by atoms with Gasteiger partial charge in [0.1, 0.15) is 12.2 Å². The van der Waals surface area contributed by atoms with Gasteiger partial charge in [0.15, 0.2) is 23.7 Å². The first kappa shape index (κ1) is 47.0. The number of nitrogens with zero attached hydrogens (tertiary/aromatic N) is 1. The minimum Gasteiger partial charge on any atom is -0.504 e. The first-order chi connectivity index (χ1) is 31.2. The van der Waals surface area contributed by atoms with Crippen molar-refractivity contribution < 1.29 is 39.8 Å². The van der Waals surface area contributed by atoms with Gasteiger partial charge in [0, 0.05) is 67.5 Å². The number of fused-ring (bicyclic) bond motifs is 4. The maximum absolute atomic E-state index is 13.0. The number of guanidine groups is 1. The number of piperidine rings is 1. The third-order valence-corrected chi connectivity index (χ3v) is 19.0. The van der Waals surface area contributed by atoms with Crippen LogP contribution in [0.2, 0.25) is 0 Å². The molecule has 0 amide bonds. The molecule has 4 aliphatic carbocycles. The molecule has 4 heterocycles. The Morgan fingerprint density at radius 3 is 2.68 bits per heavy atom. The third kappa shape index (κ3) is 10.3. The van der Waals surface area contributed by atoms with E-state index in [1.54, 1.807) is 6.07 Å². The summed E-state index contributed by atoms with van der Waals surface area (Å²) in [6.07, 6.45) is 12.1. The summed E-state index contributed by atoms with van der Waals surface area (Å²) in [5, 5.41) is 68.7. The molecule has 4 spiro atoms. The van der Waals surface area contributed by atoms with Gasteiger partial charge in [0.2, 0.25) is 0 Å².